The molecule has 3 aromatic rings. The van der Waals surface area contributed by atoms with Crippen molar-refractivity contribution >= 4 is 5.91 Å². The van der Waals surface area contributed by atoms with Gasteiger partial charge in [0.15, 0.2) is 0 Å². The normalized spacial score (nSPS) is 11.9. The van der Waals surface area contributed by atoms with Crippen LogP contribution in [0.1, 0.15) is 34.5 Å². The van der Waals surface area contributed by atoms with Gasteiger partial charge in [-0.05, 0) is 18.4 Å². The maximum Gasteiger partial charge on any atom is 0.257 e. The van der Waals surface area contributed by atoms with E-state index >= 15 is 0 Å². The molecule has 0 aliphatic heterocycles. The lowest BCUT2D eigenvalue weighted by molar-refractivity contribution is 0.0950. The predicted octanol–water partition coefficient (Wildman–Crippen LogP) is 4.18. The summed E-state index contributed by atoms with van der Waals surface area (Å²) in [7, 11) is 0. The van der Waals surface area contributed by atoms with Gasteiger partial charge < -0.3 is 9.84 Å². The summed E-state index contributed by atoms with van der Waals surface area (Å²) in [6, 6.07) is 19.7. The van der Waals surface area contributed by atoms with Gasteiger partial charge in [0.1, 0.15) is 17.0 Å². The highest BCUT2D eigenvalue weighted by molar-refractivity contribution is 6.00. The number of carbonyl (C=O) groups is 1. The molecule has 122 valence electrons. The van der Waals surface area contributed by atoms with E-state index in [0.29, 0.717) is 23.6 Å². The van der Waals surface area contributed by atoms with E-state index in [0.717, 1.165) is 5.56 Å². The number of carbonyl (C=O) groups excluding carboxylic acids is 1. The van der Waals surface area contributed by atoms with Crippen molar-refractivity contribution in [3.05, 3.63) is 77.6 Å². The van der Waals surface area contributed by atoms with Crippen molar-refractivity contribution in [2.24, 2.45) is 0 Å². The summed E-state index contributed by atoms with van der Waals surface area (Å²) in [4.78, 5) is 12.6. The molecule has 1 aromatic heterocycles. The number of hydrogen-bond acceptors (Lipinski definition) is 3. The minimum Gasteiger partial charge on any atom is -0.360 e. The van der Waals surface area contributed by atoms with Gasteiger partial charge in [0.05, 0.1) is 0 Å². The molecule has 1 amide bonds. The molecule has 0 saturated carbocycles. The van der Waals surface area contributed by atoms with Crippen LogP contribution in [-0.4, -0.2) is 17.6 Å². The number of benzene rings is 2. The van der Waals surface area contributed by atoms with Crippen molar-refractivity contribution in [2.75, 3.05) is 6.54 Å². The maximum absolute atomic E-state index is 12.6. The third-order valence-corrected chi connectivity index (χ3v) is 4.07. The molecule has 4 nitrogen and oxygen atoms in total. The first-order valence-electron chi connectivity index (χ1n) is 8.01. The summed E-state index contributed by atoms with van der Waals surface area (Å²) in [6.45, 7) is 4.41. The summed E-state index contributed by atoms with van der Waals surface area (Å²) >= 11 is 0. The van der Waals surface area contributed by atoms with E-state index in [1.54, 1.807) is 6.92 Å². The fraction of sp³-hybridized carbons (Fsp3) is 0.200. The molecule has 4 heteroatoms. The molecule has 0 spiro atoms. The summed E-state index contributed by atoms with van der Waals surface area (Å²) in [6.07, 6.45) is 0. The Bertz CT molecular complexity index is 810. The van der Waals surface area contributed by atoms with Crippen molar-refractivity contribution in [3.8, 4) is 11.3 Å². The first kappa shape index (κ1) is 16.0. The molecule has 0 aliphatic rings. The van der Waals surface area contributed by atoms with Gasteiger partial charge in [0, 0.05) is 12.1 Å². The smallest absolute Gasteiger partial charge is 0.257 e. The third kappa shape index (κ3) is 3.38. The first-order chi connectivity index (χ1) is 11.7. The summed E-state index contributed by atoms with van der Waals surface area (Å²) < 4.78 is 5.25. The second-order valence-electron chi connectivity index (χ2n) is 5.85. The minimum atomic E-state index is -0.157. The van der Waals surface area contributed by atoms with Crippen LogP contribution in [0, 0.1) is 6.92 Å². The Kier molecular flexibility index (Phi) is 4.75. The van der Waals surface area contributed by atoms with Gasteiger partial charge in [-0.2, -0.15) is 0 Å². The lowest BCUT2D eigenvalue weighted by Crippen LogP contribution is -2.28. The second kappa shape index (κ2) is 7.13. The van der Waals surface area contributed by atoms with Gasteiger partial charge in [0.2, 0.25) is 0 Å². The van der Waals surface area contributed by atoms with E-state index in [2.05, 4.69) is 29.5 Å². The van der Waals surface area contributed by atoms with Crippen LogP contribution in [-0.2, 0) is 0 Å². The van der Waals surface area contributed by atoms with Crippen LogP contribution < -0.4 is 5.32 Å². The number of aromatic nitrogens is 1. The molecular formula is C20H20N2O2. The van der Waals surface area contributed by atoms with E-state index in [-0.39, 0.29) is 11.8 Å². The molecule has 0 fully saturated rings. The fourth-order valence-electron chi connectivity index (χ4n) is 2.67. The predicted molar refractivity (Wildman–Crippen MR) is 93.9 cm³/mol. The van der Waals surface area contributed by atoms with Gasteiger partial charge >= 0.3 is 0 Å². The SMILES string of the molecule is Cc1onc(-c2ccccc2)c1C(=O)NC[C@H](C)c1ccccc1. The highest BCUT2D eigenvalue weighted by Crippen LogP contribution is 2.25. The van der Waals surface area contributed by atoms with Crippen molar-refractivity contribution in [2.45, 2.75) is 19.8 Å². The topological polar surface area (TPSA) is 55.1 Å². The Balaban J connectivity index is 1.75. The van der Waals surface area contributed by atoms with Crippen LogP contribution in [0.2, 0.25) is 0 Å². The molecule has 1 N–H and O–H groups in total. The van der Waals surface area contributed by atoms with E-state index < -0.39 is 0 Å². The van der Waals surface area contributed by atoms with Crippen LogP contribution in [0.15, 0.2) is 65.2 Å². The molecule has 0 saturated heterocycles. The van der Waals surface area contributed by atoms with Crippen molar-refractivity contribution < 1.29 is 9.32 Å². The number of aryl methyl sites for hydroxylation is 1. The Morgan fingerprint density at radius 3 is 2.38 bits per heavy atom. The molecule has 1 heterocycles. The fourth-order valence-corrected chi connectivity index (χ4v) is 2.67. The Hall–Kier alpha value is -2.88. The average molecular weight is 320 g/mol. The summed E-state index contributed by atoms with van der Waals surface area (Å²) in [5, 5.41) is 7.05. The van der Waals surface area contributed by atoms with Crippen LogP contribution in [0.25, 0.3) is 11.3 Å². The van der Waals surface area contributed by atoms with Gasteiger partial charge in [-0.15, -0.1) is 0 Å². The lowest BCUT2D eigenvalue weighted by atomic mass is 10.0. The Morgan fingerprint density at radius 1 is 1.08 bits per heavy atom. The molecular weight excluding hydrogens is 300 g/mol. The molecule has 2 aromatic carbocycles. The van der Waals surface area contributed by atoms with Gasteiger partial charge in [-0.3, -0.25) is 4.79 Å². The van der Waals surface area contributed by atoms with E-state index in [4.69, 9.17) is 4.52 Å². The van der Waals surface area contributed by atoms with Crippen LogP contribution >= 0.6 is 0 Å². The standard InChI is InChI=1S/C20H20N2O2/c1-14(16-9-5-3-6-10-16)13-21-20(23)18-15(2)24-22-19(18)17-11-7-4-8-12-17/h3-12,14H,13H2,1-2H3,(H,21,23)/t14-/m0/s1. The van der Waals surface area contributed by atoms with Crippen LogP contribution in [0.3, 0.4) is 0 Å². The van der Waals surface area contributed by atoms with Crippen molar-refractivity contribution in [1.82, 2.24) is 10.5 Å². The van der Waals surface area contributed by atoms with Crippen LogP contribution in [0.4, 0.5) is 0 Å². The number of rotatable bonds is 5. The number of amides is 1. The summed E-state index contributed by atoms with van der Waals surface area (Å²) in [5.74, 6) is 0.601. The number of nitrogens with zero attached hydrogens (tertiary/aromatic N) is 1. The van der Waals surface area contributed by atoms with Gasteiger partial charge in [-0.1, -0.05) is 72.7 Å². The molecule has 24 heavy (non-hydrogen) atoms. The van der Waals surface area contributed by atoms with Gasteiger partial charge in [-0.25, -0.2) is 0 Å². The second-order valence-corrected chi connectivity index (χ2v) is 5.85. The molecule has 0 radical (unpaired) electrons. The Labute approximate surface area is 141 Å². The Morgan fingerprint density at radius 2 is 1.71 bits per heavy atom. The largest absolute Gasteiger partial charge is 0.360 e. The lowest BCUT2D eigenvalue weighted by Gasteiger charge is -2.13. The molecule has 1 atom stereocenters. The zero-order chi connectivity index (χ0) is 16.9. The van der Waals surface area contributed by atoms with E-state index in [9.17, 15) is 4.79 Å². The highest BCUT2D eigenvalue weighted by Gasteiger charge is 2.21. The van der Waals surface area contributed by atoms with Crippen molar-refractivity contribution in [3.63, 3.8) is 0 Å². The number of hydrogen-bond donors (Lipinski definition) is 1. The third-order valence-electron chi connectivity index (χ3n) is 4.07. The average Bonchev–Trinajstić information content (AvgIpc) is 3.02. The quantitative estimate of drug-likeness (QED) is 0.767. The molecule has 0 bridgehead atoms. The monoisotopic (exact) mass is 320 g/mol. The first-order valence-corrected chi connectivity index (χ1v) is 8.01. The van der Waals surface area contributed by atoms with E-state index in [1.807, 2.05) is 48.5 Å². The molecule has 0 aliphatic carbocycles. The minimum absolute atomic E-state index is 0.157. The maximum atomic E-state index is 12.6. The van der Waals surface area contributed by atoms with Crippen molar-refractivity contribution in [1.29, 1.82) is 0 Å². The summed E-state index contributed by atoms with van der Waals surface area (Å²) in [5.41, 5.74) is 3.15. The zero-order valence-electron chi connectivity index (χ0n) is 13.8. The number of nitrogens with one attached hydrogen (secondary N) is 1. The van der Waals surface area contributed by atoms with E-state index in [1.165, 1.54) is 5.56 Å². The zero-order valence-corrected chi connectivity index (χ0v) is 13.8. The van der Waals surface area contributed by atoms with Crippen LogP contribution in [0.5, 0.6) is 0 Å². The molecule has 0 unspecified atom stereocenters. The highest BCUT2D eigenvalue weighted by atomic mass is 16.5. The molecule has 3 rings (SSSR count). The van der Waals surface area contributed by atoms with Gasteiger partial charge in [0.25, 0.3) is 5.91 Å².